The molecule has 0 radical (unpaired) electrons. The number of rotatable bonds is 5. The summed E-state index contributed by atoms with van der Waals surface area (Å²) >= 11 is 0. The maximum Gasteiger partial charge on any atom is 0.184 e. The van der Waals surface area contributed by atoms with E-state index < -0.39 is 11.6 Å². The summed E-state index contributed by atoms with van der Waals surface area (Å²) in [6.45, 7) is 9.58. The van der Waals surface area contributed by atoms with Crippen LogP contribution < -0.4 is 15.8 Å². The largest absolute Gasteiger partial charge is 0.487 e. The zero-order valence-corrected chi connectivity index (χ0v) is 13.6. The van der Waals surface area contributed by atoms with Crippen LogP contribution in [0.4, 0.5) is 25.8 Å². The first-order chi connectivity index (χ1) is 11.0. The summed E-state index contributed by atoms with van der Waals surface area (Å²) in [4.78, 5) is 0. The van der Waals surface area contributed by atoms with Gasteiger partial charge in [0, 0.05) is 11.8 Å². The van der Waals surface area contributed by atoms with Crippen LogP contribution in [0.15, 0.2) is 43.0 Å². The van der Waals surface area contributed by atoms with Gasteiger partial charge in [-0.3, -0.25) is 0 Å². The van der Waals surface area contributed by atoms with Crippen LogP contribution >= 0.6 is 0 Å². The Labute approximate surface area is 135 Å². The highest BCUT2D eigenvalue weighted by Crippen LogP contribution is 2.36. The molecule has 0 saturated carbocycles. The van der Waals surface area contributed by atoms with Crippen molar-refractivity contribution in [1.82, 2.24) is 0 Å². The fraction of sp³-hybridized carbons (Fsp3) is 0.222. The Bertz CT molecular complexity index is 655. The van der Waals surface area contributed by atoms with Gasteiger partial charge < -0.3 is 15.8 Å². The average Bonchev–Trinajstić information content (AvgIpc) is 2.57. The molecule has 2 rings (SSSR count). The standard InChI is InChI=1S/C16H16F2N2O.C2H6/c1-3-8-21-13-9-12(17)14(18)16(15(13)19)20-11-6-4-10(2)5-7-11;1-2/h3-7,9,20H,1,8,19H2,2H3;1-2H3. The highest BCUT2D eigenvalue weighted by Gasteiger charge is 2.17. The van der Waals surface area contributed by atoms with Gasteiger partial charge in [-0.1, -0.05) is 44.2 Å². The third-order valence-electron chi connectivity index (χ3n) is 2.90. The monoisotopic (exact) mass is 320 g/mol. The van der Waals surface area contributed by atoms with Crippen molar-refractivity contribution in [2.45, 2.75) is 20.8 Å². The molecule has 0 spiro atoms. The van der Waals surface area contributed by atoms with E-state index in [-0.39, 0.29) is 23.7 Å². The summed E-state index contributed by atoms with van der Waals surface area (Å²) in [6.07, 6.45) is 1.49. The summed E-state index contributed by atoms with van der Waals surface area (Å²) < 4.78 is 32.8. The Morgan fingerprint density at radius 2 is 1.83 bits per heavy atom. The number of anilines is 3. The smallest absolute Gasteiger partial charge is 0.184 e. The summed E-state index contributed by atoms with van der Waals surface area (Å²) in [5.41, 5.74) is 7.37. The molecule has 0 fully saturated rings. The van der Waals surface area contributed by atoms with Crippen LogP contribution in [0.5, 0.6) is 5.75 Å². The molecule has 2 aromatic rings. The van der Waals surface area contributed by atoms with Gasteiger partial charge in [0.25, 0.3) is 0 Å². The number of benzene rings is 2. The lowest BCUT2D eigenvalue weighted by molar-refractivity contribution is 0.361. The molecule has 0 aromatic heterocycles. The Balaban J connectivity index is 0.00000127. The number of nitrogens with two attached hydrogens (primary N) is 1. The van der Waals surface area contributed by atoms with Gasteiger partial charge in [0.15, 0.2) is 11.6 Å². The van der Waals surface area contributed by atoms with Gasteiger partial charge in [-0.25, -0.2) is 8.78 Å². The Morgan fingerprint density at radius 3 is 2.39 bits per heavy atom. The number of hydrogen-bond donors (Lipinski definition) is 2. The van der Waals surface area contributed by atoms with Crippen LogP contribution in [-0.4, -0.2) is 6.61 Å². The van der Waals surface area contributed by atoms with Crippen molar-refractivity contribution in [3.63, 3.8) is 0 Å². The van der Waals surface area contributed by atoms with E-state index in [0.717, 1.165) is 11.6 Å². The van der Waals surface area contributed by atoms with Gasteiger partial charge in [0.05, 0.1) is 0 Å². The highest BCUT2D eigenvalue weighted by atomic mass is 19.2. The van der Waals surface area contributed by atoms with E-state index in [2.05, 4.69) is 11.9 Å². The fourth-order valence-electron chi connectivity index (χ4n) is 1.79. The van der Waals surface area contributed by atoms with E-state index in [4.69, 9.17) is 10.5 Å². The van der Waals surface area contributed by atoms with Crippen LogP contribution in [0.1, 0.15) is 19.4 Å². The first-order valence-corrected chi connectivity index (χ1v) is 7.37. The molecule has 0 heterocycles. The second kappa shape index (κ2) is 8.78. The van der Waals surface area contributed by atoms with Crippen LogP contribution in [-0.2, 0) is 0 Å². The highest BCUT2D eigenvalue weighted by molar-refractivity contribution is 5.78. The van der Waals surface area contributed by atoms with Crippen molar-refractivity contribution in [3.05, 3.63) is 60.2 Å². The lowest BCUT2D eigenvalue weighted by Gasteiger charge is -2.15. The predicted octanol–water partition coefficient (Wildman–Crippen LogP) is 5.19. The van der Waals surface area contributed by atoms with Crippen LogP contribution in [0, 0.1) is 18.6 Å². The number of halogens is 2. The minimum Gasteiger partial charge on any atom is -0.487 e. The van der Waals surface area contributed by atoms with Gasteiger partial charge in [-0.05, 0) is 19.1 Å². The average molecular weight is 320 g/mol. The van der Waals surface area contributed by atoms with Crippen molar-refractivity contribution < 1.29 is 13.5 Å². The van der Waals surface area contributed by atoms with Crippen molar-refractivity contribution >= 4 is 17.1 Å². The number of nitrogen functional groups attached to an aromatic ring is 1. The van der Waals surface area contributed by atoms with Crippen molar-refractivity contribution in [2.24, 2.45) is 0 Å². The third-order valence-corrected chi connectivity index (χ3v) is 2.90. The SMILES string of the molecule is C=CCOc1cc(F)c(F)c(Nc2ccc(C)cc2)c1N.CC. The maximum absolute atomic E-state index is 13.9. The molecule has 0 aliphatic heterocycles. The molecule has 0 atom stereocenters. The number of ether oxygens (including phenoxy) is 1. The molecule has 0 amide bonds. The van der Waals surface area contributed by atoms with E-state index in [1.807, 2.05) is 32.9 Å². The molecule has 0 saturated heterocycles. The van der Waals surface area contributed by atoms with Crippen molar-refractivity contribution in [3.8, 4) is 5.75 Å². The second-order valence-corrected chi connectivity index (χ2v) is 4.55. The Morgan fingerprint density at radius 1 is 1.22 bits per heavy atom. The Kier molecular flexibility index (Phi) is 7.06. The van der Waals surface area contributed by atoms with Crippen molar-refractivity contribution in [1.29, 1.82) is 0 Å². The molecule has 124 valence electrons. The van der Waals surface area contributed by atoms with Gasteiger partial charge in [-0.2, -0.15) is 0 Å². The van der Waals surface area contributed by atoms with Crippen LogP contribution in [0.3, 0.4) is 0 Å². The quantitative estimate of drug-likeness (QED) is 0.589. The van der Waals surface area contributed by atoms with Gasteiger partial charge in [0.2, 0.25) is 0 Å². The molecule has 0 bridgehead atoms. The molecular formula is C18H22F2N2O. The van der Waals surface area contributed by atoms with Gasteiger partial charge in [-0.15, -0.1) is 0 Å². The van der Waals surface area contributed by atoms with E-state index in [1.54, 1.807) is 12.1 Å². The van der Waals surface area contributed by atoms with Crippen LogP contribution in [0.25, 0.3) is 0 Å². The predicted molar refractivity (Wildman–Crippen MR) is 92.3 cm³/mol. The summed E-state index contributed by atoms with van der Waals surface area (Å²) in [5.74, 6) is -2.00. The minimum absolute atomic E-state index is 0.0105. The maximum atomic E-state index is 13.9. The molecular weight excluding hydrogens is 298 g/mol. The second-order valence-electron chi connectivity index (χ2n) is 4.55. The normalized spacial score (nSPS) is 9.61. The first kappa shape index (κ1) is 18.5. The van der Waals surface area contributed by atoms with Crippen LogP contribution in [0.2, 0.25) is 0 Å². The Hall–Kier alpha value is -2.56. The topological polar surface area (TPSA) is 47.3 Å². The summed E-state index contributed by atoms with van der Waals surface area (Å²) in [7, 11) is 0. The molecule has 3 N–H and O–H groups in total. The molecule has 23 heavy (non-hydrogen) atoms. The summed E-state index contributed by atoms with van der Waals surface area (Å²) in [6, 6.07) is 8.14. The molecule has 3 nitrogen and oxygen atoms in total. The molecule has 0 unspecified atom stereocenters. The fourth-order valence-corrected chi connectivity index (χ4v) is 1.79. The number of nitrogens with one attached hydrogen (secondary N) is 1. The number of aryl methyl sites for hydroxylation is 1. The zero-order valence-electron chi connectivity index (χ0n) is 13.6. The van der Waals surface area contributed by atoms with E-state index >= 15 is 0 Å². The van der Waals surface area contributed by atoms with E-state index in [1.165, 1.54) is 6.08 Å². The molecule has 2 aromatic carbocycles. The third kappa shape index (κ3) is 4.71. The van der Waals surface area contributed by atoms with E-state index in [9.17, 15) is 8.78 Å². The zero-order chi connectivity index (χ0) is 17.4. The van der Waals surface area contributed by atoms with Crippen molar-refractivity contribution in [2.75, 3.05) is 17.7 Å². The van der Waals surface area contributed by atoms with E-state index in [0.29, 0.717) is 5.69 Å². The molecule has 0 aliphatic carbocycles. The number of hydrogen-bond acceptors (Lipinski definition) is 3. The summed E-state index contributed by atoms with van der Waals surface area (Å²) in [5, 5.41) is 2.78. The lowest BCUT2D eigenvalue weighted by Crippen LogP contribution is -2.05. The lowest BCUT2D eigenvalue weighted by atomic mass is 10.2. The first-order valence-electron chi connectivity index (χ1n) is 7.37. The van der Waals surface area contributed by atoms with Gasteiger partial charge >= 0.3 is 0 Å². The molecule has 5 heteroatoms. The minimum atomic E-state index is -1.04. The van der Waals surface area contributed by atoms with Gasteiger partial charge in [0.1, 0.15) is 23.7 Å². The molecule has 0 aliphatic rings.